The second-order valence-electron chi connectivity index (χ2n) is 4.29. The van der Waals surface area contributed by atoms with Crippen molar-refractivity contribution in [3.05, 3.63) is 55.4 Å². The summed E-state index contributed by atoms with van der Waals surface area (Å²) in [4.78, 5) is 1.38. The number of anilines is 1. The van der Waals surface area contributed by atoms with Crippen molar-refractivity contribution in [2.24, 2.45) is 0 Å². The third kappa shape index (κ3) is 2.89. The van der Waals surface area contributed by atoms with Gasteiger partial charge in [-0.3, -0.25) is 0 Å². The number of hydrogen-bond donors (Lipinski definition) is 1. The smallest absolute Gasteiger partial charge is 0.0634 e. The van der Waals surface area contributed by atoms with Crippen molar-refractivity contribution < 1.29 is 0 Å². The molecule has 1 N–H and O–H groups in total. The van der Waals surface area contributed by atoms with Gasteiger partial charge in [-0.25, -0.2) is 0 Å². The van der Waals surface area contributed by atoms with E-state index in [0.717, 1.165) is 24.9 Å². The van der Waals surface area contributed by atoms with Gasteiger partial charge in [-0.1, -0.05) is 34.1 Å². The normalized spacial score (nSPS) is 17.3. The molecule has 19 heavy (non-hydrogen) atoms. The first kappa shape index (κ1) is 14.0. The molecule has 1 nitrogen and oxygen atoms in total. The van der Waals surface area contributed by atoms with Crippen LogP contribution in [-0.4, -0.2) is 5.75 Å². The summed E-state index contributed by atoms with van der Waals surface area (Å²) in [6.45, 7) is 0. The van der Waals surface area contributed by atoms with Crippen molar-refractivity contribution in [2.45, 2.75) is 10.9 Å². The molecule has 1 unspecified atom stereocenters. The van der Waals surface area contributed by atoms with Gasteiger partial charge in [-0.2, -0.15) is 0 Å². The van der Waals surface area contributed by atoms with Crippen molar-refractivity contribution in [2.75, 3.05) is 11.1 Å². The first-order chi connectivity index (χ1) is 9.15. The van der Waals surface area contributed by atoms with Crippen LogP contribution in [0.15, 0.2) is 54.7 Å². The molecule has 5 heteroatoms. The van der Waals surface area contributed by atoms with E-state index in [0.29, 0.717) is 6.04 Å². The van der Waals surface area contributed by atoms with E-state index in [2.05, 4.69) is 89.5 Å². The summed E-state index contributed by atoms with van der Waals surface area (Å²) in [6, 6.07) is 13.1. The van der Waals surface area contributed by atoms with Gasteiger partial charge in [-0.05, 0) is 55.6 Å². The van der Waals surface area contributed by atoms with Crippen LogP contribution in [-0.2, 0) is 0 Å². The molecular formula is C14H10Br3NS. The van der Waals surface area contributed by atoms with E-state index in [4.69, 9.17) is 0 Å². The van der Waals surface area contributed by atoms with Crippen LogP contribution in [0.4, 0.5) is 5.69 Å². The lowest BCUT2D eigenvalue weighted by Crippen LogP contribution is -2.10. The molecule has 3 rings (SSSR count). The average molecular weight is 464 g/mol. The maximum atomic E-state index is 3.63. The predicted octanol–water partition coefficient (Wildman–Crippen LogP) is 6.23. The minimum Gasteiger partial charge on any atom is -0.376 e. The molecule has 0 aliphatic carbocycles. The molecule has 1 atom stereocenters. The second-order valence-corrected chi connectivity index (χ2v) is 7.98. The number of hydrogen-bond acceptors (Lipinski definition) is 2. The van der Waals surface area contributed by atoms with Crippen LogP contribution in [0.5, 0.6) is 0 Å². The first-order valence-electron chi connectivity index (χ1n) is 5.78. The third-order valence-corrected chi connectivity index (χ3v) is 5.92. The van der Waals surface area contributed by atoms with E-state index in [-0.39, 0.29) is 0 Å². The van der Waals surface area contributed by atoms with E-state index in [1.165, 1.54) is 10.5 Å². The number of halogens is 3. The van der Waals surface area contributed by atoms with Gasteiger partial charge in [0.15, 0.2) is 0 Å². The lowest BCUT2D eigenvalue weighted by Gasteiger charge is -2.17. The maximum Gasteiger partial charge on any atom is 0.0634 e. The summed E-state index contributed by atoms with van der Waals surface area (Å²) < 4.78 is 3.17. The number of thioether (sulfide) groups is 1. The Kier molecular flexibility index (Phi) is 4.27. The van der Waals surface area contributed by atoms with E-state index in [9.17, 15) is 0 Å². The van der Waals surface area contributed by atoms with Gasteiger partial charge in [0.1, 0.15) is 0 Å². The Morgan fingerprint density at radius 3 is 2.47 bits per heavy atom. The minimum absolute atomic E-state index is 0.356. The van der Waals surface area contributed by atoms with E-state index >= 15 is 0 Å². The minimum atomic E-state index is 0.356. The van der Waals surface area contributed by atoms with Crippen molar-refractivity contribution in [1.29, 1.82) is 0 Å². The Bertz CT molecular complexity index is 607. The molecule has 2 aromatic carbocycles. The number of benzene rings is 2. The van der Waals surface area contributed by atoms with Crippen LogP contribution in [0, 0.1) is 0 Å². The summed E-state index contributed by atoms with van der Waals surface area (Å²) in [5.74, 6) is 1.06. The van der Waals surface area contributed by atoms with Gasteiger partial charge < -0.3 is 5.32 Å². The van der Waals surface area contributed by atoms with E-state index < -0.39 is 0 Å². The SMILES string of the molecule is Brc1cc(Br)c(NC2CSc3ccccc32)c(Br)c1. The van der Waals surface area contributed by atoms with Gasteiger partial charge in [-0.15, -0.1) is 11.8 Å². The molecule has 0 fully saturated rings. The topological polar surface area (TPSA) is 12.0 Å². The molecule has 0 saturated heterocycles. The maximum absolute atomic E-state index is 3.63. The van der Waals surface area contributed by atoms with Gasteiger partial charge in [0, 0.05) is 24.1 Å². The first-order valence-corrected chi connectivity index (χ1v) is 9.14. The van der Waals surface area contributed by atoms with E-state index in [1.54, 1.807) is 0 Å². The molecule has 0 radical (unpaired) electrons. The van der Waals surface area contributed by atoms with Crippen LogP contribution in [0.3, 0.4) is 0 Å². The number of nitrogens with one attached hydrogen (secondary N) is 1. The molecule has 2 aromatic rings. The zero-order valence-corrected chi connectivity index (χ0v) is 15.4. The van der Waals surface area contributed by atoms with Crippen LogP contribution in [0.1, 0.15) is 11.6 Å². The summed E-state index contributed by atoms with van der Waals surface area (Å²) in [5, 5.41) is 3.63. The van der Waals surface area contributed by atoms with Gasteiger partial charge in [0.2, 0.25) is 0 Å². The fourth-order valence-electron chi connectivity index (χ4n) is 2.14. The summed E-state index contributed by atoms with van der Waals surface area (Å²) in [7, 11) is 0. The quantitative estimate of drug-likeness (QED) is 0.566. The van der Waals surface area contributed by atoms with Crippen molar-refractivity contribution in [3.63, 3.8) is 0 Å². The monoisotopic (exact) mass is 461 g/mol. The Balaban J connectivity index is 1.92. The molecule has 0 amide bonds. The van der Waals surface area contributed by atoms with Gasteiger partial charge >= 0.3 is 0 Å². The van der Waals surface area contributed by atoms with Crippen LogP contribution in [0.25, 0.3) is 0 Å². The third-order valence-electron chi connectivity index (χ3n) is 3.03. The van der Waals surface area contributed by atoms with Crippen LogP contribution >= 0.6 is 59.6 Å². The average Bonchev–Trinajstić information content (AvgIpc) is 2.77. The van der Waals surface area contributed by atoms with Crippen LogP contribution in [0.2, 0.25) is 0 Å². The zero-order chi connectivity index (χ0) is 13.4. The predicted molar refractivity (Wildman–Crippen MR) is 93.1 cm³/mol. The molecule has 1 aliphatic rings. The number of fused-ring (bicyclic) bond motifs is 1. The standard InChI is InChI=1S/C14H10Br3NS/c15-8-5-10(16)14(11(17)6-8)18-12-7-19-13-4-2-1-3-9(12)13/h1-6,12,18H,7H2. The Morgan fingerprint density at radius 2 is 1.74 bits per heavy atom. The highest BCUT2D eigenvalue weighted by Crippen LogP contribution is 2.42. The summed E-state index contributed by atoms with van der Waals surface area (Å²) in [5.41, 5.74) is 2.49. The largest absolute Gasteiger partial charge is 0.376 e. The van der Waals surface area contributed by atoms with Crippen molar-refractivity contribution >= 4 is 65.2 Å². The lowest BCUT2D eigenvalue weighted by atomic mass is 10.1. The van der Waals surface area contributed by atoms with Crippen molar-refractivity contribution in [3.8, 4) is 0 Å². The second kappa shape index (κ2) is 5.80. The molecular weight excluding hydrogens is 454 g/mol. The van der Waals surface area contributed by atoms with Gasteiger partial charge in [0.05, 0.1) is 11.7 Å². The van der Waals surface area contributed by atoms with E-state index in [1.807, 2.05) is 11.8 Å². The Morgan fingerprint density at radius 1 is 1.05 bits per heavy atom. The Labute approximate surface area is 141 Å². The molecule has 0 bridgehead atoms. The van der Waals surface area contributed by atoms with Gasteiger partial charge in [0.25, 0.3) is 0 Å². The lowest BCUT2D eigenvalue weighted by molar-refractivity contribution is 0.897. The fraction of sp³-hybridized carbons (Fsp3) is 0.143. The molecule has 0 spiro atoms. The zero-order valence-electron chi connectivity index (χ0n) is 9.79. The molecule has 98 valence electrons. The summed E-state index contributed by atoms with van der Waals surface area (Å²) in [6.07, 6.45) is 0. The van der Waals surface area contributed by atoms with Crippen LogP contribution < -0.4 is 5.32 Å². The number of rotatable bonds is 2. The highest BCUT2D eigenvalue weighted by Gasteiger charge is 2.23. The molecule has 1 aliphatic heterocycles. The van der Waals surface area contributed by atoms with Crippen molar-refractivity contribution in [1.82, 2.24) is 0 Å². The fourth-order valence-corrected chi connectivity index (χ4v) is 5.78. The Hall–Kier alpha value is 0.0300. The molecule has 0 aromatic heterocycles. The highest BCUT2D eigenvalue weighted by molar-refractivity contribution is 9.11. The summed E-state index contributed by atoms with van der Waals surface area (Å²) >= 11 is 12.6. The highest BCUT2D eigenvalue weighted by atomic mass is 79.9. The molecule has 0 saturated carbocycles. The molecule has 1 heterocycles.